The molecule has 21 heavy (non-hydrogen) atoms. The zero-order chi connectivity index (χ0) is 15.5. The molecule has 0 fully saturated rings. The van der Waals surface area contributed by atoms with Gasteiger partial charge in [-0.2, -0.15) is 18.4 Å². The lowest BCUT2D eigenvalue weighted by Crippen LogP contribution is -2.11. The maximum absolute atomic E-state index is 12.8. The van der Waals surface area contributed by atoms with Crippen LogP contribution in [0.25, 0.3) is 0 Å². The van der Waals surface area contributed by atoms with Crippen LogP contribution in [0.3, 0.4) is 0 Å². The molecule has 0 amide bonds. The highest BCUT2D eigenvalue weighted by atomic mass is 19.4. The molecule has 2 rings (SSSR count). The van der Waals surface area contributed by atoms with E-state index in [-0.39, 0.29) is 17.9 Å². The summed E-state index contributed by atoms with van der Waals surface area (Å²) in [5, 5.41) is 11.5. The zero-order valence-electron chi connectivity index (χ0n) is 10.6. The fourth-order valence-electron chi connectivity index (χ4n) is 1.63. The van der Waals surface area contributed by atoms with Gasteiger partial charge >= 0.3 is 6.18 Å². The Bertz CT molecular complexity index is 672. The molecule has 1 aromatic heterocycles. The molecular formula is C14H9F4N3. The molecule has 0 aliphatic rings. The summed E-state index contributed by atoms with van der Waals surface area (Å²) in [4.78, 5) is 3.41. The van der Waals surface area contributed by atoms with Crippen molar-refractivity contribution >= 4 is 5.82 Å². The maximum Gasteiger partial charge on any atom is 0.433 e. The molecule has 0 spiro atoms. The molecule has 1 heterocycles. The van der Waals surface area contributed by atoms with Gasteiger partial charge in [0.1, 0.15) is 23.4 Å². The number of nitrogens with zero attached hydrogens (tertiary/aromatic N) is 2. The number of aromatic nitrogens is 1. The normalized spacial score (nSPS) is 11.0. The first-order valence-electron chi connectivity index (χ1n) is 5.87. The van der Waals surface area contributed by atoms with Crippen molar-refractivity contribution in [2.75, 3.05) is 5.32 Å². The van der Waals surface area contributed by atoms with Gasteiger partial charge in [0.2, 0.25) is 0 Å². The van der Waals surface area contributed by atoms with Gasteiger partial charge in [-0.05, 0) is 29.8 Å². The smallest absolute Gasteiger partial charge is 0.365 e. The van der Waals surface area contributed by atoms with Crippen molar-refractivity contribution in [3.05, 3.63) is 59.0 Å². The lowest BCUT2D eigenvalue weighted by molar-refractivity contribution is -0.141. The predicted octanol–water partition coefficient (Wildman–Crippen LogP) is 3.72. The van der Waals surface area contributed by atoms with Crippen LogP contribution >= 0.6 is 0 Å². The number of nitriles is 1. The number of rotatable bonds is 3. The molecule has 2 aromatic rings. The molecule has 7 heteroatoms. The standard InChI is InChI=1S/C14H9F4N3/c15-11-4-1-9(2-5-11)8-20-13-10(7-19)3-6-12(21-13)14(16,17)18/h1-6H,8H2,(H,20,21). The average Bonchev–Trinajstić information content (AvgIpc) is 2.45. The average molecular weight is 295 g/mol. The molecular weight excluding hydrogens is 286 g/mol. The van der Waals surface area contributed by atoms with Crippen molar-refractivity contribution < 1.29 is 17.6 Å². The van der Waals surface area contributed by atoms with Crippen LogP contribution in [0.5, 0.6) is 0 Å². The number of anilines is 1. The number of hydrogen-bond donors (Lipinski definition) is 1. The van der Waals surface area contributed by atoms with E-state index < -0.39 is 17.7 Å². The molecule has 0 saturated heterocycles. The highest BCUT2D eigenvalue weighted by molar-refractivity contribution is 5.52. The van der Waals surface area contributed by atoms with E-state index in [0.717, 1.165) is 12.1 Å². The fourth-order valence-corrected chi connectivity index (χ4v) is 1.63. The van der Waals surface area contributed by atoms with Crippen LogP contribution in [-0.2, 0) is 12.7 Å². The third-order valence-electron chi connectivity index (χ3n) is 2.68. The highest BCUT2D eigenvalue weighted by Crippen LogP contribution is 2.29. The Morgan fingerprint density at radius 2 is 1.76 bits per heavy atom. The number of pyridine rings is 1. The Balaban J connectivity index is 2.22. The van der Waals surface area contributed by atoms with Crippen LogP contribution in [-0.4, -0.2) is 4.98 Å². The molecule has 0 aliphatic heterocycles. The Labute approximate surface area is 117 Å². The van der Waals surface area contributed by atoms with E-state index in [2.05, 4.69) is 10.3 Å². The largest absolute Gasteiger partial charge is 0.433 e. The molecule has 3 nitrogen and oxygen atoms in total. The van der Waals surface area contributed by atoms with Crippen LogP contribution in [0.15, 0.2) is 36.4 Å². The second-order valence-corrected chi connectivity index (χ2v) is 4.18. The van der Waals surface area contributed by atoms with Gasteiger partial charge in [0.05, 0.1) is 5.56 Å². The molecule has 0 aliphatic carbocycles. The van der Waals surface area contributed by atoms with Crippen LogP contribution < -0.4 is 5.32 Å². The zero-order valence-corrected chi connectivity index (χ0v) is 10.6. The number of nitrogens with one attached hydrogen (secondary N) is 1. The molecule has 108 valence electrons. The van der Waals surface area contributed by atoms with E-state index in [4.69, 9.17) is 5.26 Å². The van der Waals surface area contributed by atoms with E-state index in [1.807, 2.05) is 0 Å². The molecule has 1 aromatic carbocycles. The van der Waals surface area contributed by atoms with Gasteiger partial charge in [-0.3, -0.25) is 0 Å². The number of hydrogen-bond acceptors (Lipinski definition) is 3. The SMILES string of the molecule is N#Cc1ccc(C(F)(F)F)nc1NCc1ccc(F)cc1. The topological polar surface area (TPSA) is 48.7 Å². The van der Waals surface area contributed by atoms with Crippen LogP contribution in [0.2, 0.25) is 0 Å². The van der Waals surface area contributed by atoms with Crippen molar-refractivity contribution in [2.45, 2.75) is 12.7 Å². The fraction of sp³-hybridized carbons (Fsp3) is 0.143. The third-order valence-corrected chi connectivity index (χ3v) is 2.68. The second kappa shape index (κ2) is 5.79. The lowest BCUT2D eigenvalue weighted by atomic mass is 10.2. The van der Waals surface area contributed by atoms with Gasteiger partial charge in [-0.25, -0.2) is 9.37 Å². The van der Waals surface area contributed by atoms with Gasteiger partial charge < -0.3 is 5.32 Å². The van der Waals surface area contributed by atoms with Gasteiger partial charge in [-0.1, -0.05) is 12.1 Å². The van der Waals surface area contributed by atoms with Crippen molar-refractivity contribution in [3.8, 4) is 6.07 Å². The summed E-state index contributed by atoms with van der Waals surface area (Å²) in [6.07, 6.45) is -4.58. The minimum Gasteiger partial charge on any atom is -0.365 e. The Morgan fingerprint density at radius 3 is 2.33 bits per heavy atom. The van der Waals surface area contributed by atoms with Gasteiger partial charge in [0, 0.05) is 6.54 Å². The minimum absolute atomic E-state index is 0.00473. The molecule has 0 bridgehead atoms. The number of alkyl halides is 3. The second-order valence-electron chi connectivity index (χ2n) is 4.18. The predicted molar refractivity (Wildman–Crippen MR) is 67.7 cm³/mol. The van der Waals surface area contributed by atoms with Crippen molar-refractivity contribution in [2.24, 2.45) is 0 Å². The summed E-state index contributed by atoms with van der Waals surface area (Å²) in [7, 11) is 0. The maximum atomic E-state index is 12.8. The molecule has 1 N–H and O–H groups in total. The van der Waals surface area contributed by atoms with E-state index >= 15 is 0 Å². The quantitative estimate of drug-likeness (QED) is 0.878. The molecule has 0 unspecified atom stereocenters. The van der Waals surface area contributed by atoms with E-state index in [1.54, 1.807) is 6.07 Å². The van der Waals surface area contributed by atoms with Gasteiger partial charge in [0.25, 0.3) is 0 Å². The molecule has 0 radical (unpaired) electrons. The van der Waals surface area contributed by atoms with Crippen LogP contribution in [0, 0.1) is 17.1 Å². The summed E-state index contributed by atoms with van der Waals surface area (Å²) in [5.41, 5.74) is -0.423. The number of benzene rings is 1. The van der Waals surface area contributed by atoms with Crippen molar-refractivity contribution in [1.29, 1.82) is 5.26 Å². The van der Waals surface area contributed by atoms with E-state index in [1.165, 1.54) is 24.3 Å². The Kier molecular flexibility index (Phi) is 4.08. The van der Waals surface area contributed by atoms with Gasteiger partial charge in [-0.15, -0.1) is 0 Å². The molecule has 0 saturated carbocycles. The van der Waals surface area contributed by atoms with E-state index in [0.29, 0.717) is 5.56 Å². The summed E-state index contributed by atoms with van der Waals surface area (Å²) in [6, 6.07) is 9.03. The minimum atomic E-state index is -4.58. The summed E-state index contributed by atoms with van der Waals surface area (Å²) in [6.45, 7) is 0.128. The molecule has 0 atom stereocenters. The Hall–Kier alpha value is -2.62. The highest BCUT2D eigenvalue weighted by Gasteiger charge is 2.33. The number of halogens is 4. The Morgan fingerprint density at radius 1 is 1.10 bits per heavy atom. The third kappa shape index (κ3) is 3.69. The monoisotopic (exact) mass is 295 g/mol. The lowest BCUT2D eigenvalue weighted by Gasteiger charge is -2.11. The summed E-state index contributed by atoms with van der Waals surface area (Å²) in [5.74, 6) is -0.565. The van der Waals surface area contributed by atoms with E-state index in [9.17, 15) is 17.6 Å². The first-order valence-corrected chi connectivity index (χ1v) is 5.87. The first kappa shape index (κ1) is 14.8. The van der Waals surface area contributed by atoms with Gasteiger partial charge in [0.15, 0.2) is 0 Å². The van der Waals surface area contributed by atoms with Crippen molar-refractivity contribution in [3.63, 3.8) is 0 Å². The first-order chi connectivity index (χ1) is 9.90. The van der Waals surface area contributed by atoms with Crippen LogP contribution in [0.4, 0.5) is 23.4 Å². The van der Waals surface area contributed by atoms with Crippen molar-refractivity contribution in [1.82, 2.24) is 4.98 Å². The van der Waals surface area contributed by atoms with Crippen LogP contribution in [0.1, 0.15) is 16.8 Å². The summed E-state index contributed by atoms with van der Waals surface area (Å²) >= 11 is 0. The summed E-state index contributed by atoms with van der Waals surface area (Å²) < 4.78 is 50.5.